The summed E-state index contributed by atoms with van der Waals surface area (Å²) in [5.74, 6) is 1.06. The van der Waals surface area contributed by atoms with Crippen molar-refractivity contribution in [2.24, 2.45) is 0 Å². The lowest BCUT2D eigenvalue weighted by Crippen LogP contribution is -2.49. The Morgan fingerprint density at radius 3 is 2.71 bits per heavy atom. The minimum atomic E-state index is -0.334. The molecule has 1 saturated heterocycles. The third kappa shape index (κ3) is 2.78. The van der Waals surface area contributed by atoms with Crippen LogP contribution in [0.2, 0.25) is 0 Å². The molecule has 5 rings (SSSR count). The first-order valence-corrected chi connectivity index (χ1v) is 10.5. The molecule has 0 saturated carbocycles. The van der Waals surface area contributed by atoms with E-state index in [1.807, 2.05) is 0 Å². The molecule has 1 N–H and O–H groups in total. The fourth-order valence-electron chi connectivity index (χ4n) is 5.67. The van der Waals surface area contributed by atoms with Gasteiger partial charge in [-0.1, -0.05) is 36.4 Å². The Labute approximate surface area is 167 Å². The van der Waals surface area contributed by atoms with E-state index in [-0.39, 0.29) is 17.6 Å². The van der Waals surface area contributed by atoms with Crippen LogP contribution in [0.1, 0.15) is 41.1 Å². The van der Waals surface area contributed by atoms with Gasteiger partial charge in [-0.15, -0.1) is 0 Å². The standard InChI is InChI=1S/C24H30N2O2/c1-25(2)22-19-5-3-4-6-20(19)24(23(22)27)10-12-26(13-11-24)16-17-7-8-21-18(15-17)9-14-28-21/h3-8,15,22-23,27H,9-14,16H2,1-2H3/t22-,23+/m0/s1. The van der Waals surface area contributed by atoms with Gasteiger partial charge in [0.1, 0.15) is 5.75 Å². The molecule has 3 aliphatic rings. The van der Waals surface area contributed by atoms with E-state index in [0.717, 1.165) is 51.3 Å². The molecule has 1 aliphatic carbocycles. The number of hydrogen-bond donors (Lipinski definition) is 1. The Morgan fingerprint density at radius 1 is 1.14 bits per heavy atom. The number of aliphatic hydroxyl groups excluding tert-OH is 1. The van der Waals surface area contributed by atoms with Crippen molar-refractivity contribution in [3.8, 4) is 5.75 Å². The van der Waals surface area contributed by atoms with Crippen LogP contribution in [0.3, 0.4) is 0 Å². The summed E-state index contributed by atoms with van der Waals surface area (Å²) in [6.45, 7) is 3.85. The number of fused-ring (bicyclic) bond motifs is 3. The van der Waals surface area contributed by atoms with Crippen LogP contribution in [0.4, 0.5) is 0 Å². The van der Waals surface area contributed by atoms with Crippen LogP contribution in [-0.2, 0) is 18.4 Å². The maximum Gasteiger partial charge on any atom is 0.122 e. The highest BCUT2D eigenvalue weighted by Crippen LogP contribution is 2.52. The summed E-state index contributed by atoms with van der Waals surface area (Å²) in [5, 5.41) is 11.4. The molecule has 0 unspecified atom stereocenters. The van der Waals surface area contributed by atoms with Crippen LogP contribution in [0, 0.1) is 0 Å². The first kappa shape index (κ1) is 18.2. The summed E-state index contributed by atoms with van der Waals surface area (Å²) < 4.78 is 5.64. The van der Waals surface area contributed by atoms with E-state index in [0.29, 0.717) is 0 Å². The molecule has 1 fully saturated rings. The van der Waals surface area contributed by atoms with E-state index in [1.165, 1.54) is 22.3 Å². The molecule has 2 heterocycles. The van der Waals surface area contributed by atoms with Crippen LogP contribution < -0.4 is 4.74 Å². The summed E-state index contributed by atoms with van der Waals surface area (Å²) in [6.07, 6.45) is 2.73. The van der Waals surface area contributed by atoms with Crippen molar-refractivity contribution in [1.82, 2.24) is 9.80 Å². The van der Waals surface area contributed by atoms with E-state index < -0.39 is 0 Å². The molecule has 2 aromatic carbocycles. The topological polar surface area (TPSA) is 35.9 Å². The number of rotatable bonds is 3. The first-order chi connectivity index (χ1) is 13.6. The molecule has 0 radical (unpaired) electrons. The predicted molar refractivity (Wildman–Crippen MR) is 111 cm³/mol. The molecule has 0 bridgehead atoms. The Kier molecular flexibility index (Phi) is 4.46. The van der Waals surface area contributed by atoms with Gasteiger partial charge in [-0.05, 0) is 68.3 Å². The fraction of sp³-hybridized carbons (Fsp3) is 0.500. The van der Waals surface area contributed by atoms with Crippen molar-refractivity contribution in [2.75, 3.05) is 33.8 Å². The number of ether oxygens (including phenoxy) is 1. The third-order valence-corrected chi connectivity index (χ3v) is 7.15. The van der Waals surface area contributed by atoms with E-state index in [1.54, 1.807) is 0 Å². The molecule has 4 heteroatoms. The Hall–Kier alpha value is -1.88. The van der Waals surface area contributed by atoms with Gasteiger partial charge in [0.15, 0.2) is 0 Å². The Balaban J connectivity index is 1.34. The maximum atomic E-state index is 11.4. The van der Waals surface area contributed by atoms with Gasteiger partial charge in [-0.2, -0.15) is 0 Å². The highest BCUT2D eigenvalue weighted by molar-refractivity contribution is 5.45. The predicted octanol–water partition coefficient (Wildman–Crippen LogP) is 3.13. The number of hydrogen-bond acceptors (Lipinski definition) is 4. The van der Waals surface area contributed by atoms with Gasteiger partial charge in [0.25, 0.3) is 0 Å². The molecule has 0 amide bonds. The SMILES string of the molecule is CN(C)[C@H]1c2ccccc2C2(CCN(Cc3ccc4c(c3)CCO4)CC2)[C@@H]1O. The van der Waals surface area contributed by atoms with Gasteiger partial charge >= 0.3 is 0 Å². The minimum absolute atomic E-state index is 0.0967. The molecular weight excluding hydrogens is 348 g/mol. The lowest BCUT2D eigenvalue weighted by molar-refractivity contribution is -0.00392. The van der Waals surface area contributed by atoms with Gasteiger partial charge in [0.2, 0.25) is 0 Å². The number of benzene rings is 2. The second kappa shape index (κ2) is 6.87. The molecule has 0 aromatic heterocycles. The van der Waals surface area contributed by atoms with Crippen molar-refractivity contribution in [1.29, 1.82) is 0 Å². The second-order valence-corrected chi connectivity index (χ2v) is 8.91. The van der Waals surface area contributed by atoms with Gasteiger partial charge < -0.3 is 14.7 Å². The number of likely N-dealkylation sites (tertiary alicyclic amines) is 1. The van der Waals surface area contributed by atoms with E-state index in [4.69, 9.17) is 4.74 Å². The quantitative estimate of drug-likeness (QED) is 0.890. The summed E-state index contributed by atoms with van der Waals surface area (Å²) in [4.78, 5) is 4.72. The van der Waals surface area contributed by atoms with Gasteiger partial charge in [0.05, 0.1) is 18.8 Å². The Bertz CT molecular complexity index is 871. The molecule has 1 spiro atoms. The highest BCUT2D eigenvalue weighted by atomic mass is 16.5. The van der Waals surface area contributed by atoms with Crippen LogP contribution in [0.15, 0.2) is 42.5 Å². The second-order valence-electron chi connectivity index (χ2n) is 8.91. The van der Waals surface area contributed by atoms with Gasteiger partial charge in [-0.25, -0.2) is 0 Å². The molecule has 2 aromatic rings. The number of piperidine rings is 1. The zero-order valence-corrected chi connectivity index (χ0v) is 16.9. The lowest BCUT2D eigenvalue weighted by atomic mass is 9.72. The van der Waals surface area contributed by atoms with Crippen molar-refractivity contribution >= 4 is 0 Å². The highest BCUT2D eigenvalue weighted by Gasteiger charge is 2.52. The monoisotopic (exact) mass is 378 g/mol. The molecule has 4 nitrogen and oxygen atoms in total. The van der Waals surface area contributed by atoms with Crippen molar-refractivity contribution in [3.05, 3.63) is 64.7 Å². The normalized spacial score (nSPS) is 25.7. The molecule has 28 heavy (non-hydrogen) atoms. The summed E-state index contributed by atoms with van der Waals surface area (Å²) in [7, 11) is 4.16. The van der Waals surface area contributed by atoms with Crippen molar-refractivity contribution in [3.63, 3.8) is 0 Å². The molecular formula is C24H30N2O2. The smallest absolute Gasteiger partial charge is 0.122 e. The maximum absolute atomic E-state index is 11.4. The van der Waals surface area contributed by atoms with Crippen LogP contribution in [0.25, 0.3) is 0 Å². The summed E-state index contributed by atoms with van der Waals surface area (Å²) in [6, 6.07) is 15.4. The largest absolute Gasteiger partial charge is 0.493 e. The van der Waals surface area contributed by atoms with Crippen molar-refractivity contribution in [2.45, 2.75) is 43.4 Å². The number of likely N-dealkylation sites (N-methyl/N-ethyl adjacent to an activating group) is 1. The van der Waals surface area contributed by atoms with Gasteiger partial charge in [-0.3, -0.25) is 4.90 Å². The molecule has 2 atom stereocenters. The minimum Gasteiger partial charge on any atom is -0.493 e. The van der Waals surface area contributed by atoms with E-state index >= 15 is 0 Å². The van der Waals surface area contributed by atoms with E-state index in [9.17, 15) is 5.11 Å². The van der Waals surface area contributed by atoms with Crippen LogP contribution in [-0.4, -0.2) is 54.8 Å². The van der Waals surface area contributed by atoms with Crippen LogP contribution >= 0.6 is 0 Å². The number of nitrogens with zero attached hydrogens (tertiary/aromatic N) is 2. The zero-order valence-electron chi connectivity index (χ0n) is 16.9. The zero-order chi connectivity index (χ0) is 19.3. The summed E-state index contributed by atoms with van der Waals surface area (Å²) >= 11 is 0. The number of aliphatic hydroxyl groups is 1. The third-order valence-electron chi connectivity index (χ3n) is 7.15. The molecule has 2 aliphatic heterocycles. The van der Waals surface area contributed by atoms with Gasteiger partial charge in [0, 0.05) is 18.4 Å². The van der Waals surface area contributed by atoms with Crippen LogP contribution in [0.5, 0.6) is 5.75 Å². The average molecular weight is 379 g/mol. The van der Waals surface area contributed by atoms with Crippen molar-refractivity contribution < 1.29 is 9.84 Å². The van der Waals surface area contributed by atoms with E-state index in [2.05, 4.69) is 66.4 Å². The Morgan fingerprint density at radius 2 is 1.93 bits per heavy atom. The first-order valence-electron chi connectivity index (χ1n) is 10.5. The summed E-state index contributed by atoms with van der Waals surface area (Å²) in [5.41, 5.74) is 5.30. The molecule has 148 valence electrons. The average Bonchev–Trinajstić information content (AvgIpc) is 3.25. The lowest BCUT2D eigenvalue weighted by Gasteiger charge is -2.43. The fourth-order valence-corrected chi connectivity index (χ4v) is 5.67.